The predicted molar refractivity (Wildman–Crippen MR) is 398 cm³/mol. The molecule has 2 unspecified atom stereocenters. The van der Waals surface area contributed by atoms with Gasteiger partial charge in [-0.1, -0.05) is 89.4 Å². The van der Waals surface area contributed by atoms with E-state index in [9.17, 15) is 40.7 Å². The first-order valence-electron chi connectivity index (χ1n) is 33.5. The molecule has 15 N–H and O–H groups in total. The number of amides is 3. The van der Waals surface area contributed by atoms with Crippen molar-refractivity contribution in [1.29, 1.82) is 0 Å². The largest absolute Gasteiger partial charge is 0.399 e. The Hall–Kier alpha value is -11.2. The molecule has 12 aromatic rings. The highest BCUT2D eigenvalue weighted by molar-refractivity contribution is 6.34. The monoisotopic (exact) mass is 1490 g/mol. The summed E-state index contributed by atoms with van der Waals surface area (Å²) in [6.07, 6.45) is 8.18. The molecule has 21 nitrogen and oxygen atoms in total. The number of carbonyl (C=O) groups is 3. The van der Waals surface area contributed by atoms with Gasteiger partial charge in [-0.3, -0.25) is 14.4 Å². The van der Waals surface area contributed by atoms with Crippen molar-refractivity contribution >= 4 is 120 Å². The van der Waals surface area contributed by atoms with Crippen LogP contribution in [0.2, 0.25) is 15.1 Å². The number of nitrogens with two attached hydrogens (primary N) is 3. The van der Waals surface area contributed by atoms with Crippen molar-refractivity contribution in [2.24, 2.45) is 0 Å². The molecule has 30 heteroatoms. The molecule has 0 radical (unpaired) electrons. The molecule has 0 aliphatic heterocycles. The van der Waals surface area contributed by atoms with E-state index in [-0.39, 0.29) is 17.8 Å². The van der Waals surface area contributed by atoms with E-state index in [1.165, 1.54) is 18.6 Å². The summed E-state index contributed by atoms with van der Waals surface area (Å²) in [5, 5.41) is 21.1. The van der Waals surface area contributed by atoms with E-state index in [1.807, 2.05) is 72.8 Å². The van der Waals surface area contributed by atoms with E-state index in [0.29, 0.717) is 85.2 Å². The molecule has 15 rings (SSSR count). The van der Waals surface area contributed by atoms with Crippen molar-refractivity contribution in [3.63, 3.8) is 0 Å². The molecule has 3 aliphatic rings. The third-order valence-corrected chi connectivity index (χ3v) is 19.1. The summed E-state index contributed by atoms with van der Waals surface area (Å²) in [5.74, 6) is -9.55. The van der Waals surface area contributed by atoms with E-state index in [0.717, 1.165) is 49.4 Å². The lowest BCUT2D eigenvalue weighted by atomic mass is 9.87. The highest BCUT2D eigenvalue weighted by Gasteiger charge is 2.45. The van der Waals surface area contributed by atoms with Crippen LogP contribution in [0.3, 0.4) is 0 Å². The van der Waals surface area contributed by atoms with Gasteiger partial charge in [-0.15, -0.1) is 0 Å². The van der Waals surface area contributed by atoms with Gasteiger partial charge in [-0.25, -0.2) is 56.2 Å². The summed E-state index contributed by atoms with van der Waals surface area (Å²) in [6, 6.07) is 38.0. The number of hydrogen-bond acceptors (Lipinski definition) is 15. The minimum atomic E-state index is -2.96. The Balaban J connectivity index is 0.000000140. The van der Waals surface area contributed by atoms with Crippen LogP contribution in [0.5, 0.6) is 0 Å². The second-order valence-electron chi connectivity index (χ2n) is 26.3. The van der Waals surface area contributed by atoms with Crippen LogP contribution in [0.25, 0.3) is 66.5 Å². The van der Waals surface area contributed by atoms with Gasteiger partial charge in [0.1, 0.15) is 0 Å². The van der Waals surface area contributed by atoms with Gasteiger partial charge in [0.05, 0.1) is 50.7 Å². The molecule has 3 amide bonds. The van der Waals surface area contributed by atoms with Gasteiger partial charge in [0, 0.05) is 177 Å². The Labute approximate surface area is 611 Å². The minimum Gasteiger partial charge on any atom is -0.399 e. The van der Waals surface area contributed by atoms with Gasteiger partial charge >= 0.3 is 0 Å². The van der Waals surface area contributed by atoms with Crippen molar-refractivity contribution in [3.05, 3.63) is 215 Å². The number of para-hydroxylation sites is 3. The second kappa shape index (κ2) is 30.6. The number of anilines is 6. The van der Waals surface area contributed by atoms with Gasteiger partial charge in [-0.05, 0) is 110 Å². The smallest absolute Gasteiger partial charge is 0.252 e. The van der Waals surface area contributed by atoms with Gasteiger partial charge < -0.3 is 64.1 Å². The highest BCUT2D eigenvalue weighted by Crippen LogP contribution is 2.41. The molecule has 0 spiro atoms. The number of aromatic nitrogens is 9. The molecule has 6 aromatic heterocycles. The summed E-state index contributed by atoms with van der Waals surface area (Å²) in [5.41, 5.74) is 26.3. The van der Waals surface area contributed by atoms with Crippen LogP contribution in [0, 0.1) is 0 Å². The zero-order chi connectivity index (χ0) is 73.7. The van der Waals surface area contributed by atoms with Crippen LogP contribution in [0.1, 0.15) is 88.9 Å². The van der Waals surface area contributed by atoms with Crippen LogP contribution in [0.15, 0.2) is 183 Å². The number of nitrogens with zero attached hydrogens (tertiary/aromatic N) is 6. The average Bonchev–Trinajstić information content (AvgIpc) is 1.70. The van der Waals surface area contributed by atoms with Crippen LogP contribution in [-0.4, -0.2) is 117 Å². The molecule has 3 fully saturated rings. The summed E-state index contributed by atoms with van der Waals surface area (Å²) in [7, 11) is 0. The molecule has 6 atom stereocenters. The number of alkyl halides is 6. The Morgan fingerprint density at radius 3 is 0.886 bits per heavy atom. The zero-order valence-corrected chi connectivity index (χ0v) is 58.0. The Morgan fingerprint density at radius 1 is 0.371 bits per heavy atom. The van der Waals surface area contributed by atoms with E-state index >= 15 is 0 Å². The van der Waals surface area contributed by atoms with E-state index < -0.39 is 110 Å². The van der Waals surface area contributed by atoms with Crippen LogP contribution < -0.4 is 49.1 Å². The third kappa shape index (κ3) is 17.7. The lowest BCUT2D eigenvalue weighted by Gasteiger charge is -2.35. The number of halogens is 9. The van der Waals surface area contributed by atoms with Crippen LogP contribution >= 0.6 is 34.8 Å². The first-order chi connectivity index (χ1) is 50.3. The molecule has 0 bridgehead atoms. The summed E-state index contributed by atoms with van der Waals surface area (Å²) >= 11 is 19.1. The molecule has 6 aromatic carbocycles. The summed E-state index contributed by atoms with van der Waals surface area (Å²) in [6.45, 7) is 0. The van der Waals surface area contributed by atoms with Crippen LogP contribution in [0.4, 0.5) is 61.2 Å². The Bertz CT molecular complexity index is 4620. The third-order valence-electron chi connectivity index (χ3n) is 18.3. The van der Waals surface area contributed by atoms with E-state index in [2.05, 4.69) is 76.8 Å². The number of carbonyl (C=O) groups excluding carboxylic acids is 3. The molecule has 3 saturated carbocycles. The minimum absolute atomic E-state index is 0.195. The zero-order valence-electron chi connectivity index (χ0n) is 55.7. The first-order valence-corrected chi connectivity index (χ1v) is 34.6. The van der Waals surface area contributed by atoms with Crippen molar-refractivity contribution in [3.8, 4) is 33.8 Å². The fourth-order valence-electron chi connectivity index (χ4n) is 13.5. The number of benzene rings is 6. The number of rotatable bonds is 15. The highest BCUT2D eigenvalue weighted by atomic mass is 35.5. The maximum Gasteiger partial charge on any atom is 0.252 e. The quantitative estimate of drug-likeness (QED) is 0.0335. The van der Waals surface area contributed by atoms with Gasteiger partial charge in [-0.2, -0.15) is 0 Å². The number of aromatic amines is 3. The topological polar surface area (TPSA) is 326 Å². The normalized spacial score (nSPS) is 19.4. The van der Waals surface area contributed by atoms with Crippen LogP contribution in [-0.2, 0) is 0 Å². The molecular weight excluding hydrogens is 1420 g/mol. The number of H-pyrrole nitrogens is 3. The lowest BCUT2D eigenvalue weighted by Crippen LogP contribution is -2.48. The fourth-order valence-corrected chi connectivity index (χ4v) is 14.1. The number of nitrogens with one attached hydrogen (secondary N) is 9. The second-order valence-corrected chi connectivity index (χ2v) is 27.5. The predicted octanol–water partition coefficient (Wildman–Crippen LogP) is 15.8. The Morgan fingerprint density at radius 2 is 0.619 bits per heavy atom. The van der Waals surface area contributed by atoms with E-state index in [1.54, 1.807) is 91.4 Å². The summed E-state index contributed by atoms with van der Waals surface area (Å²) < 4.78 is 87.5. The van der Waals surface area contributed by atoms with Crippen molar-refractivity contribution in [2.45, 2.75) is 112 Å². The Kier molecular flexibility index (Phi) is 21.1. The maximum atomic E-state index is 14.6. The molecule has 3 aliphatic carbocycles. The van der Waals surface area contributed by atoms with E-state index in [4.69, 9.17) is 52.0 Å². The van der Waals surface area contributed by atoms with Crippen molar-refractivity contribution in [1.82, 2.24) is 60.8 Å². The molecular formula is C75H69Cl3F6N18O3. The first kappa shape index (κ1) is 72.2. The van der Waals surface area contributed by atoms with Crippen molar-refractivity contribution < 1.29 is 40.7 Å². The SMILES string of the molecule is Nc1ccc(C(=O)NC2CC(Nc3ncc(Cl)c(-c4c[nH]c5ccccc45)n3)CC(F)(F)C2)cc1.Nc1ccc(C(=O)N[C@@H]2C[C@H](Nc3ncc(Cl)c(-c4c[nH]c5ccccc45)n3)CC(F)(F)C2)cc1.Nc1ccc(C(=O)N[C@H]2C[C@@H](Nc3ncc(Cl)c(-c4c[nH]c5ccccc45)n3)CC(F)(F)C2)cc1. The molecule has 6 heterocycles. The average molecular weight is 1490 g/mol. The lowest BCUT2D eigenvalue weighted by molar-refractivity contribution is -0.0476. The standard InChI is InChI=1S/3C25H23ClF2N6O/c3*26-20-13-31-24(34-22(20)19-12-30-21-4-2-1-3-18(19)21)33-17-9-16(10-25(27,28)11-17)32-23(35)14-5-7-15(29)8-6-14/h3*1-8,12-13,16-17,30H,9-11,29H2,(H,32,35)(H,31,33,34)/t2*16-,17+;/m10./s1. The molecule has 0 saturated heterocycles. The molecule has 105 heavy (non-hydrogen) atoms. The molecule has 540 valence electrons. The maximum absolute atomic E-state index is 14.6. The van der Waals surface area contributed by atoms with Gasteiger partial charge in [0.15, 0.2) is 0 Å². The van der Waals surface area contributed by atoms with Gasteiger partial charge in [0.25, 0.3) is 35.5 Å². The summed E-state index contributed by atoms with van der Waals surface area (Å²) in [4.78, 5) is 73.4. The number of hydrogen-bond donors (Lipinski definition) is 12. The number of nitrogen functional groups attached to an aromatic ring is 3. The number of fused-ring (bicyclic) bond motifs is 3. The van der Waals surface area contributed by atoms with Crippen molar-refractivity contribution in [2.75, 3.05) is 33.2 Å². The fraction of sp³-hybridized carbons (Fsp3) is 0.240. The van der Waals surface area contributed by atoms with Gasteiger partial charge in [0.2, 0.25) is 17.8 Å².